The molecule has 5 rings (SSSR count). The number of piperidine rings is 2. The van der Waals surface area contributed by atoms with E-state index < -0.39 is 11.5 Å². The monoisotopic (exact) mass is 419 g/mol. The second-order valence-corrected chi connectivity index (χ2v) is 8.88. The fourth-order valence-corrected chi connectivity index (χ4v) is 5.50. The van der Waals surface area contributed by atoms with Crippen LogP contribution in [0.2, 0.25) is 0 Å². The molecule has 0 atom stereocenters. The van der Waals surface area contributed by atoms with Crippen LogP contribution in [-0.4, -0.2) is 53.3 Å². The smallest absolute Gasteiger partial charge is 0.238 e. The summed E-state index contributed by atoms with van der Waals surface area (Å²) < 4.78 is 6.05. The van der Waals surface area contributed by atoms with E-state index in [4.69, 9.17) is 10.5 Å². The van der Waals surface area contributed by atoms with E-state index >= 15 is 0 Å². The lowest BCUT2D eigenvalue weighted by molar-refractivity contribution is -0.142. The molecule has 2 amide bonds. The third-order valence-corrected chi connectivity index (χ3v) is 7.25. The lowest BCUT2D eigenvalue weighted by Gasteiger charge is -2.48. The molecule has 6 heteroatoms. The average Bonchev–Trinajstić information content (AvgIpc) is 2.82. The highest BCUT2D eigenvalue weighted by Gasteiger charge is 2.47. The first-order valence-corrected chi connectivity index (χ1v) is 11.3. The van der Waals surface area contributed by atoms with E-state index in [1.54, 1.807) is 0 Å². The molecule has 3 heterocycles. The summed E-state index contributed by atoms with van der Waals surface area (Å²) >= 11 is 0. The molecule has 6 nitrogen and oxygen atoms in total. The highest BCUT2D eigenvalue weighted by atomic mass is 16.5. The van der Waals surface area contributed by atoms with Crippen molar-refractivity contribution in [1.29, 1.82) is 0 Å². The van der Waals surface area contributed by atoms with Gasteiger partial charge in [0.15, 0.2) is 0 Å². The van der Waals surface area contributed by atoms with Crippen LogP contribution in [0.1, 0.15) is 49.1 Å². The van der Waals surface area contributed by atoms with Gasteiger partial charge in [-0.3, -0.25) is 14.5 Å². The van der Waals surface area contributed by atoms with Crippen LogP contribution in [-0.2, 0) is 9.59 Å². The van der Waals surface area contributed by atoms with E-state index in [2.05, 4.69) is 4.90 Å². The van der Waals surface area contributed by atoms with E-state index in [0.717, 1.165) is 48.6 Å². The second-order valence-electron chi connectivity index (χ2n) is 8.88. The van der Waals surface area contributed by atoms with Crippen molar-refractivity contribution >= 4 is 11.8 Å². The quantitative estimate of drug-likeness (QED) is 0.829. The zero-order valence-corrected chi connectivity index (χ0v) is 17.8. The van der Waals surface area contributed by atoms with E-state index in [0.29, 0.717) is 25.9 Å². The van der Waals surface area contributed by atoms with Crippen molar-refractivity contribution in [3.63, 3.8) is 0 Å². The maximum Gasteiger partial charge on any atom is 0.238 e. The van der Waals surface area contributed by atoms with Gasteiger partial charge in [0.05, 0.1) is 5.92 Å². The van der Waals surface area contributed by atoms with Crippen LogP contribution in [0.25, 0.3) is 0 Å². The molecule has 2 fully saturated rings. The van der Waals surface area contributed by atoms with Gasteiger partial charge in [0.2, 0.25) is 11.8 Å². The van der Waals surface area contributed by atoms with Crippen molar-refractivity contribution in [2.45, 2.75) is 43.6 Å². The molecule has 2 aromatic carbocycles. The summed E-state index contributed by atoms with van der Waals surface area (Å²) in [5.74, 6) is 0.896. The van der Waals surface area contributed by atoms with Gasteiger partial charge in [0.1, 0.15) is 17.0 Å². The van der Waals surface area contributed by atoms with Crippen molar-refractivity contribution in [3.05, 3.63) is 59.7 Å². The highest BCUT2D eigenvalue weighted by Crippen LogP contribution is 2.45. The largest absolute Gasteiger partial charge is 0.457 e. The molecule has 0 unspecified atom stereocenters. The second kappa shape index (κ2) is 8.00. The molecule has 0 aromatic heterocycles. The Labute approximate surface area is 183 Å². The molecule has 3 aliphatic rings. The minimum Gasteiger partial charge on any atom is -0.457 e. The third-order valence-electron chi connectivity index (χ3n) is 7.25. The maximum absolute atomic E-state index is 13.8. The zero-order valence-electron chi connectivity index (χ0n) is 17.8. The first kappa shape index (κ1) is 20.1. The van der Waals surface area contributed by atoms with E-state index in [9.17, 15) is 9.59 Å². The number of carbonyl (C=O) groups excluding carboxylic acids is 2. The molecule has 162 valence electrons. The van der Waals surface area contributed by atoms with Gasteiger partial charge in [-0.15, -0.1) is 0 Å². The van der Waals surface area contributed by atoms with Crippen LogP contribution in [0.5, 0.6) is 11.5 Å². The Kier molecular flexibility index (Phi) is 5.18. The predicted octanol–water partition coefficient (Wildman–Crippen LogP) is 3.26. The fourth-order valence-electron chi connectivity index (χ4n) is 5.50. The summed E-state index contributed by atoms with van der Waals surface area (Å²) in [5, 5.41) is 0. The summed E-state index contributed by atoms with van der Waals surface area (Å²) in [5.41, 5.74) is 7.10. The molecule has 0 bridgehead atoms. The first-order valence-electron chi connectivity index (χ1n) is 11.3. The van der Waals surface area contributed by atoms with Crippen molar-refractivity contribution in [1.82, 2.24) is 9.80 Å². The predicted molar refractivity (Wildman–Crippen MR) is 118 cm³/mol. The van der Waals surface area contributed by atoms with E-state index in [1.165, 1.54) is 6.42 Å². The number of ether oxygens (including phenoxy) is 1. The molecule has 2 N–H and O–H groups in total. The average molecular weight is 420 g/mol. The number of likely N-dealkylation sites (tertiary alicyclic amines) is 2. The number of nitrogens with two attached hydrogens (primary N) is 1. The van der Waals surface area contributed by atoms with Crippen molar-refractivity contribution in [2.24, 2.45) is 5.73 Å². The van der Waals surface area contributed by atoms with E-state index in [1.807, 2.05) is 53.4 Å². The highest BCUT2D eigenvalue weighted by molar-refractivity contribution is 5.90. The minimum atomic E-state index is -0.622. The first-order chi connectivity index (χ1) is 15.1. The normalized spacial score (nSPS) is 21.0. The number of rotatable bonds is 3. The van der Waals surface area contributed by atoms with Gasteiger partial charge in [-0.2, -0.15) is 0 Å². The minimum absolute atomic E-state index is 0.0694. The Hall–Kier alpha value is -2.86. The summed E-state index contributed by atoms with van der Waals surface area (Å²) in [7, 11) is 0. The number of amides is 2. The SMILES string of the molecule is NC(=O)C1(N2CCCCC2)CCN(C(=O)C2c3ccccc3Oc3ccccc32)CC1. The maximum atomic E-state index is 13.8. The summed E-state index contributed by atoms with van der Waals surface area (Å²) in [4.78, 5) is 30.5. The van der Waals surface area contributed by atoms with E-state index in [-0.39, 0.29) is 11.8 Å². The molecule has 0 saturated carbocycles. The number of para-hydroxylation sites is 2. The Bertz CT molecular complexity index is 946. The van der Waals surface area contributed by atoms with Gasteiger partial charge in [-0.1, -0.05) is 42.8 Å². The molecule has 0 radical (unpaired) electrons. The Morgan fingerprint density at radius 3 is 1.94 bits per heavy atom. The molecule has 0 spiro atoms. The number of hydrogen-bond donors (Lipinski definition) is 1. The van der Waals surface area contributed by atoms with Crippen LogP contribution in [0.4, 0.5) is 0 Å². The number of fused-ring (bicyclic) bond motifs is 2. The molecule has 2 aromatic rings. The standard InChI is InChI=1S/C25H29N3O3/c26-24(30)25(28-14-6-1-7-15-28)12-16-27(17-13-25)23(29)22-18-8-2-4-10-20(18)31-21-11-5-3-9-19(21)22/h2-5,8-11,22H,1,6-7,12-17H2,(H2,26,30). The molecular weight excluding hydrogens is 390 g/mol. The number of primary amides is 1. The summed E-state index contributed by atoms with van der Waals surface area (Å²) in [6.07, 6.45) is 4.61. The van der Waals surface area contributed by atoms with Crippen LogP contribution in [0.3, 0.4) is 0 Å². The van der Waals surface area contributed by atoms with Gasteiger partial charge >= 0.3 is 0 Å². The van der Waals surface area contributed by atoms with Gasteiger partial charge in [-0.25, -0.2) is 0 Å². The van der Waals surface area contributed by atoms with Crippen LogP contribution >= 0.6 is 0 Å². The van der Waals surface area contributed by atoms with Gasteiger partial charge in [-0.05, 0) is 50.9 Å². The van der Waals surface area contributed by atoms with Crippen LogP contribution in [0.15, 0.2) is 48.5 Å². The molecule has 3 aliphatic heterocycles. The van der Waals surface area contributed by atoms with Crippen molar-refractivity contribution in [3.8, 4) is 11.5 Å². The summed E-state index contributed by atoms with van der Waals surface area (Å²) in [6, 6.07) is 15.5. The van der Waals surface area contributed by atoms with Gasteiger partial charge < -0.3 is 15.4 Å². The molecule has 2 saturated heterocycles. The van der Waals surface area contributed by atoms with Gasteiger partial charge in [0.25, 0.3) is 0 Å². The Morgan fingerprint density at radius 1 is 0.839 bits per heavy atom. The van der Waals surface area contributed by atoms with Crippen LogP contribution in [0, 0.1) is 0 Å². The fraction of sp³-hybridized carbons (Fsp3) is 0.440. The molecule has 0 aliphatic carbocycles. The van der Waals surface area contributed by atoms with Crippen molar-refractivity contribution in [2.75, 3.05) is 26.2 Å². The summed E-state index contributed by atoms with van der Waals surface area (Å²) in [6.45, 7) is 2.91. The number of nitrogens with zero attached hydrogens (tertiary/aromatic N) is 2. The topological polar surface area (TPSA) is 75.9 Å². The van der Waals surface area contributed by atoms with Crippen LogP contribution < -0.4 is 10.5 Å². The third kappa shape index (κ3) is 3.39. The van der Waals surface area contributed by atoms with Gasteiger partial charge in [0, 0.05) is 24.2 Å². The Morgan fingerprint density at radius 2 is 1.39 bits per heavy atom. The number of hydrogen-bond acceptors (Lipinski definition) is 4. The zero-order chi connectivity index (χ0) is 21.4. The number of benzene rings is 2. The molecular formula is C25H29N3O3. The van der Waals surface area contributed by atoms with Crippen molar-refractivity contribution < 1.29 is 14.3 Å². The lowest BCUT2D eigenvalue weighted by Crippen LogP contribution is -2.64. The molecule has 31 heavy (non-hydrogen) atoms. The lowest BCUT2D eigenvalue weighted by atomic mass is 9.81. The Balaban J connectivity index is 1.40. The number of carbonyl (C=O) groups is 2.